The smallest absolute Gasteiger partial charge is 0.346 e. The number of ether oxygens (including phenoxy) is 2. The Morgan fingerprint density at radius 3 is 1.21 bits per heavy atom. The first-order valence-corrected chi connectivity index (χ1v) is 7.38. The second-order valence-electron chi connectivity index (χ2n) is 5.04. The maximum Gasteiger partial charge on any atom is 0.346 e. The zero-order chi connectivity index (χ0) is 19.1. The van der Waals surface area contributed by atoms with Crippen LogP contribution >= 0.6 is 0 Å². The van der Waals surface area contributed by atoms with E-state index in [9.17, 15) is 29.4 Å². The Kier molecular flexibility index (Phi) is 13.1. The van der Waals surface area contributed by atoms with Crippen LogP contribution < -0.4 is 0 Å². The van der Waals surface area contributed by atoms with E-state index in [0.29, 0.717) is 0 Å². The van der Waals surface area contributed by atoms with E-state index in [4.69, 9.17) is 0 Å². The number of aliphatic hydroxyl groups is 2. The Labute approximate surface area is 224 Å². The summed E-state index contributed by atoms with van der Waals surface area (Å²) < 4.78 is 8.76. The molecule has 0 saturated carbocycles. The van der Waals surface area contributed by atoms with Crippen molar-refractivity contribution in [3.8, 4) is 0 Å². The van der Waals surface area contributed by atoms with E-state index in [0.717, 1.165) is 0 Å². The van der Waals surface area contributed by atoms with Gasteiger partial charge in [0.2, 0.25) is 0 Å². The SMILES string of the molecule is O=C(OC(=O)C(O)C(O)C(=O)OC(=O)c1ccccc1)c1ccccc1.[K].[Na]. The van der Waals surface area contributed by atoms with E-state index >= 15 is 0 Å². The van der Waals surface area contributed by atoms with Crippen LogP contribution in [-0.4, -0.2) is 127 Å². The minimum atomic E-state index is -2.40. The molecule has 0 amide bonds. The van der Waals surface area contributed by atoms with Gasteiger partial charge in [0.25, 0.3) is 0 Å². The van der Waals surface area contributed by atoms with Crippen molar-refractivity contribution in [2.45, 2.75) is 12.2 Å². The summed E-state index contributed by atoms with van der Waals surface area (Å²) in [6.07, 6.45) is -4.81. The van der Waals surface area contributed by atoms with Gasteiger partial charge in [0.1, 0.15) is 0 Å². The van der Waals surface area contributed by atoms with Gasteiger partial charge in [0, 0.05) is 80.9 Å². The molecule has 0 spiro atoms. The summed E-state index contributed by atoms with van der Waals surface area (Å²) in [5, 5.41) is 19.3. The molecule has 136 valence electrons. The number of aliphatic hydroxyl groups excluding tert-OH is 2. The predicted molar refractivity (Wildman–Crippen MR) is 97.3 cm³/mol. The fraction of sp³-hybridized carbons (Fsp3) is 0.111. The normalized spacial score (nSPS) is 11.6. The molecule has 0 fully saturated rings. The van der Waals surface area contributed by atoms with Crippen molar-refractivity contribution in [1.82, 2.24) is 0 Å². The first-order valence-electron chi connectivity index (χ1n) is 7.38. The average molecular weight is 420 g/mol. The summed E-state index contributed by atoms with van der Waals surface area (Å²) in [6, 6.07) is 14.8. The van der Waals surface area contributed by atoms with Crippen LogP contribution in [0.3, 0.4) is 0 Å². The van der Waals surface area contributed by atoms with Crippen LogP contribution in [0, 0.1) is 0 Å². The fourth-order valence-electron chi connectivity index (χ4n) is 1.83. The molecule has 0 heterocycles. The Hall–Kier alpha value is -0.724. The van der Waals surface area contributed by atoms with E-state index in [-0.39, 0.29) is 92.1 Å². The van der Waals surface area contributed by atoms with Crippen molar-refractivity contribution in [1.29, 1.82) is 0 Å². The number of esters is 4. The molecule has 0 aliphatic carbocycles. The van der Waals surface area contributed by atoms with Gasteiger partial charge in [-0.2, -0.15) is 0 Å². The van der Waals surface area contributed by atoms with Gasteiger partial charge in [-0.1, -0.05) is 36.4 Å². The van der Waals surface area contributed by atoms with E-state index in [1.165, 1.54) is 48.5 Å². The number of rotatable bonds is 5. The van der Waals surface area contributed by atoms with Gasteiger partial charge in [-0.15, -0.1) is 0 Å². The van der Waals surface area contributed by atoms with Crippen molar-refractivity contribution >= 4 is 105 Å². The van der Waals surface area contributed by atoms with E-state index in [1.807, 2.05) is 0 Å². The third-order valence-electron chi connectivity index (χ3n) is 3.19. The first kappa shape index (κ1) is 27.3. The molecule has 2 N–H and O–H groups in total. The van der Waals surface area contributed by atoms with Gasteiger partial charge in [-0.25, -0.2) is 19.2 Å². The number of carbonyl (C=O) groups is 4. The summed E-state index contributed by atoms with van der Waals surface area (Å²) in [6.45, 7) is 0. The van der Waals surface area contributed by atoms with Crippen molar-refractivity contribution in [2.24, 2.45) is 0 Å². The molecule has 2 aromatic carbocycles. The van der Waals surface area contributed by atoms with Crippen molar-refractivity contribution < 1.29 is 38.9 Å². The number of carbonyl (C=O) groups excluding carboxylic acids is 4. The minimum Gasteiger partial charge on any atom is -0.387 e. The van der Waals surface area contributed by atoms with Gasteiger partial charge in [0.15, 0.2) is 12.2 Å². The topological polar surface area (TPSA) is 127 Å². The molecule has 2 rings (SSSR count). The molecule has 2 unspecified atom stereocenters. The molecule has 2 atom stereocenters. The Morgan fingerprint density at radius 2 is 0.929 bits per heavy atom. The Balaban J connectivity index is 0.00000364. The van der Waals surface area contributed by atoms with Crippen LogP contribution in [0.5, 0.6) is 0 Å². The monoisotopic (exact) mass is 420 g/mol. The zero-order valence-corrected chi connectivity index (χ0v) is 20.4. The molecule has 2 aromatic rings. The fourth-order valence-corrected chi connectivity index (χ4v) is 1.83. The summed E-state index contributed by atoms with van der Waals surface area (Å²) >= 11 is 0. The molecule has 0 bridgehead atoms. The largest absolute Gasteiger partial charge is 0.387 e. The molecule has 28 heavy (non-hydrogen) atoms. The molecule has 10 heteroatoms. The minimum absolute atomic E-state index is 0. The second-order valence-corrected chi connectivity index (χ2v) is 5.04. The first-order chi connectivity index (χ1) is 12.4. The summed E-state index contributed by atoms with van der Waals surface area (Å²) in [5.74, 6) is -5.27. The average Bonchev–Trinajstić information content (AvgIpc) is 2.67. The zero-order valence-electron chi connectivity index (χ0n) is 15.3. The summed E-state index contributed by atoms with van der Waals surface area (Å²) in [5.41, 5.74) is 0.0637. The maximum atomic E-state index is 11.7. The number of benzene rings is 2. The van der Waals surface area contributed by atoms with Crippen molar-refractivity contribution in [2.75, 3.05) is 0 Å². The predicted octanol–water partition coefficient (Wildman–Crippen LogP) is -0.286. The maximum absolute atomic E-state index is 11.7. The Bertz CT molecular complexity index is 743. The molecule has 8 nitrogen and oxygen atoms in total. The quantitative estimate of drug-likeness (QED) is 0.384. The van der Waals surface area contributed by atoms with Crippen LogP contribution in [0.1, 0.15) is 20.7 Å². The van der Waals surface area contributed by atoms with Gasteiger partial charge < -0.3 is 19.7 Å². The Morgan fingerprint density at radius 1 is 0.643 bits per heavy atom. The van der Waals surface area contributed by atoms with Crippen LogP contribution in [-0.2, 0) is 19.1 Å². The number of hydrogen-bond donors (Lipinski definition) is 2. The molecule has 0 aromatic heterocycles. The van der Waals surface area contributed by atoms with E-state index in [1.54, 1.807) is 12.1 Å². The molecule has 2 radical (unpaired) electrons. The van der Waals surface area contributed by atoms with E-state index in [2.05, 4.69) is 9.47 Å². The van der Waals surface area contributed by atoms with Crippen LogP contribution in [0.4, 0.5) is 0 Å². The molecular weight excluding hydrogens is 406 g/mol. The van der Waals surface area contributed by atoms with Crippen LogP contribution in [0.2, 0.25) is 0 Å². The van der Waals surface area contributed by atoms with Crippen molar-refractivity contribution in [3.05, 3.63) is 71.8 Å². The second kappa shape index (κ2) is 13.5. The summed E-state index contributed by atoms with van der Waals surface area (Å²) in [7, 11) is 0. The van der Waals surface area contributed by atoms with E-state index < -0.39 is 36.1 Å². The van der Waals surface area contributed by atoms with Crippen LogP contribution in [0.15, 0.2) is 60.7 Å². The standard InChI is InChI=1S/C18H14O8.K.Na/c19-13(17(23)25-15(21)11-7-3-1-4-8-11)14(20)18(24)26-16(22)12-9-5-2-6-10-12;;/h1-10,13-14,19-20H;;. The van der Waals surface area contributed by atoms with Gasteiger partial charge in [0.05, 0.1) is 11.1 Å². The van der Waals surface area contributed by atoms with Gasteiger partial charge in [-0.05, 0) is 24.3 Å². The molecule has 0 saturated heterocycles. The number of hydrogen-bond acceptors (Lipinski definition) is 8. The third-order valence-corrected chi connectivity index (χ3v) is 3.19. The van der Waals surface area contributed by atoms with Crippen LogP contribution in [0.25, 0.3) is 0 Å². The molecular formula is C18H14KNaO8. The molecule has 0 aliphatic heterocycles. The molecule has 0 aliphatic rings. The third kappa shape index (κ3) is 7.95. The van der Waals surface area contributed by atoms with Gasteiger partial charge in [-0.3, -0.25) is 0 Å². The summed E-state index contributed by atoms with van der Waals surface area (Å²) in [4.78, 5) is 46.8. The van der Waals surface area contributed by atoms with Crippen molar-refractivity contribution in [3.63, 3.8) is 0 Å². The van der Waals surface area contributed by atoms with Gasteiger partial charge >= 0.3 is 23.9 Å².